The molecule has 3 heteroatoms. The molecule has 0 radical (unpaired) electrons. The van der Waals surface area contributed by atoms with Crippen molar-refractivity contribution in [2.75, 3.05) is 27.7 Å². The third-order valence-corrected chi connectivity index (χ3v) is 2.34. The van der Waals surface area contributed by atoms with Crippen molar-refractivity contribution >= 4 is 11.5 Å². The van der Waals surface area contributed by atoms with E-state index >= 15 is 0 Å². The summed E-state index contributed by atoms with van der Waals surface area (Å²) in [7, 11) is 5.49. The van der Waals surface area contributed by atoms with Gasteiger partial charge in [-0.25, -0.2) is 4.79 Å². The molecule has 0 amide bonds. The number of ether oxygens (including phenoxy) is 1. The number of aryl methyl sites for hydroxylation is 1. The van der Waals surface area contributed by atoms with Gasteiger partial charge in [0.05, 0.1) is 12.7 Å². The van der Waals surface area contributed by atoms with Crippen LogP contribution in [0, 0.1) is 6.92 Å². The van der Waals surface area contributed by atoms with Crippen molar-refractivity contribution in [2.45, 2.75) is 6.92 Å². The van der Waals surface area contributed by atoms with Crippen molar-refractivity contribution < 1.29 is 9.53 Å². The molecule has 0 heterocycles. The zero-order chi connectivity index (χ0) is 12.1. The number of benzene rings is 1. The minimum absolute atomic E-state index is 0.593. The molecule has 0 atom stereocenters. The molecule has 0 aliphatic rings. The minimum Gasteiger partial charge on any atom is -0.496 e. The van der Waals surface area contributed by atoms with Crippen molar-refractivity contribution in [2.24, 2.45) is 0 Å². The van der Waals surface area contributed by atoms with Gasteiger partial charge in [-0.15, -0.1) is 0 Å². The van der Waals surface area contributed by atoms with E-state index < -0.39 is 0 Å². The Morgan fingerprint density at radius 2 is 2.12 bits per heavy atom. The van der Waals surface area contributed by atoms with Gasteiger partial charge in [-0.1, -0.05) is 6.07 Å². The van der Waals surface area contributed by atoms with E-state index in [4.69, 9.17) is 4.74 Å². The Labute approximate surface area is 96.3 Å². The van der Waals surface area contributed by atoms with Gasteiger partial charge in [0.1, 0.15) is 11.7 Å². The van der Waals surface area contributed by atoms with E-state index in [1.165, 1.54) is 0 Å². The monoisotopic (exact) mass is 219 g/mol. The molecular formula is C13H17NO2. The summed E-state index contributed by atoms with van der Waals surface area (Å²) in [5, 5.41) is 0. The lowest BCUT2D eigenvalue weighted by atomic mass is 10.0. The van der Waals surface area contributed by atoms with Crippen LogP contribution >= 0.6 is 0 Å². The number of carbonyl (C=O) groups excluding carboxylic acids is 1. The molecule has 86 valence electrons. The average Bonchev–Trinajstić information content (AvgIpc) is 2.25. The van der Waals surface area contributed by atoms with E-state index in [1.807, 2.05) is 50.1 Å². The number of nitrogens with zero attached hydrogens (tertiary/aromatic N) is 1. The molecular weight excluding hydrogens is 202 g/mol. The van der Waals surface area contributed by atoms with E-state index in [-0.39, 0.29) is 0 Å². The van der Waals surface area contributed by atoms with Crippen LogP contribution in [0.3, 0.4) is 0 Å². The van der Waals surface area contributed by atoms with E-state index in [2.05, 4.69) is 0 Å². The van der Waals surface area contributed by atoms with Crippen LogP contribution in [-0.4, -0.2) is 38.6 Å². The average molecular weight is 219 g/mol. The highest BCUT2D eigenvalue weighted by molar-refractivity contribution is 5.88. The lowest BCUT2D eigenvalue weighted by molar-refractivity contribution is 0.411. The van der Waals surface area contributed by atoms with Crippen molar-refractivity contribution in [3.63, 3.8) is 0 Å². The van der Waals surface area contributed by atoms with E-state index in [0.29, 0.717) is 12.1 Å². The Kier molecular flexibility index (Phi) is 4.29. The number of rotatable bonds is 4. The molecule has 1 aromatic carbocycles. The predicted molar refractivity (Wildman–Crippen MR) is 65.4 cm³/mol. The standard InChI is InChI=1S/C13H17NO2/c1-10-7-11(5-6-13(10)16-4)12(9-15)8-14(2)3/h5-7H,8H2,1-4H3. The van der Waals surface area contributed by atoms with Crippen LogP contribution in [0.1, 0.15) is 11.1 Å². The van der Waals surface area contributed by atoms with E-state index in [9.17, 15) is 4.79 Å². The smallest absolute Gasteiger partial charge is 0.129 e. The second-order valence-electron chi connectivity index (χ2n) is 4.00. The lowest BCUT2D eigenvalue weighted by Gasteiger charge is -2.12. The maximum Gasteiger partial charge on any atom is 0.129 e. The first-order valence-corrected chi connectivity index (χ1v) is 5.12. The summed E-state index contributed by atoms with van der Waals surface area (Å²) in [6.07, 6.45) is 0. The molecule has 0 aliphatic heterocycles. The second kappa shape index (κ2) is 5.50. The molecule has 0 spiro atoms. The normalized spacial score (nSPS) is 10.1. The van der Waals surface area contributed by atoms with Crippen molar-refractivity contribution in [3.05, 3.63) is 29.3 Å². The quantitative estimate of drug-likeness (QED) is 0.723. The minimum atomic E-state index is 0.593. The van der Waals surface area contributed by atoms with Crippen LogP contribution in [0.2, 0.25) is 0 Å². The molecule has 0 N–H and O–H groups in total. The maximum absolute atomic E-state index is 10.9. The van der Waals surface area contributed by atoms with Crippen LogP contribution in [0.25, 0.3) is 5.57 Å². The summed E-state index contributed by atoms with van der Waals surface area (Å²) < 4.78 is 5.18. The highest BCUT2D eigenvalue weighted by Gasteiger charge is 2.06. The number of likely N-dealkylation sites (N-methyl/N-ethyl adjacent to an activating group) is 1. The Hall–Kier alpha value is -1.57. The first kappa shape index (κ1) is 12.5. The van der Waals surface area contributed by atoms with E-state index in [1.54, 1.807) is 7.11 Å². The second-order valence-corrected chi connectivity index (χ2v) is 4.00. The number of hydrogen-bond acceptors (Lipinski definition) is 3. The van der Waals surface area contributed by atoms with Gasteiger partial charge in [-0.3, -0.25) is 0 Å². The molecule has 0 bridgehead atoms. The topological polar surface area (TPSA) is 29.5 Å². The number of hydrogen-bond donors (Lipinski definition) is 0. The van der Waals surface area contributed by atoms with Gasteiger partial charge in [0.25, 0.3) is 0 Å². The van der Waals surface area contributed by atoms with E-state index in [0.717, 1.165) is 16.9 Å². The van der Waals surface area contributed by atoms with Crippen LogP contribution in [-0.2, 0) is 4.79 Å². The first-order valence-electron chi connectivity index (χ1n) is 5.12. The Morgan fingerprint density at radius 1 is 1.44 bits per heavy atom. The van der Waals surface area contributed by atoms with Gasteiger partial charge < -0.3 is 9.64 Å². The molecule has 0 aliphatic carbocycles. The number of methoxy groups -OCH3 is 1. The summed E-state index contributed by atoms with van der Waals surface area (Å²) in [5.74, 6) is 2.83. The van der Waals surface area contributed by atoms with Gasteiger partial charge >= 0.3 is 0 Å². The molecule has 1 rings (SSSR count). The molecule has 16 heavy (non-hydrogen) atoms. The van der Waals surface area contributed by atoms with Crippen LogP contribution < -0.4 is 4.74 Å². The fourth-order valence-electron chi connectivity index (χ4n) is 1.56. The van der Waals surface area contributed by atoms with Crippen LogP contribution in [0.5, 0.6) is 5.75 Å². The molecule has 0 fully saturated rings. The molecule has 0 saturated carbocycles. The molecule has 0 unspecified atom stereocenters. The third kappa shape index (κ3) is 2.96. The molecule has 0 saturated heterocycles. The summed E-state index contributed by atoms with van der Waals surface area (Å²) in [4.78, 5) is 12.8. The fraction of sp³-hybridized carbons (Fsp3) is 0.385. The van der Waals surface area contributed by atoms with Crippen LogP contribution in [0.15, 0.2) is 18.2 Å². The maximum atomic E-state index is 10.9. The Bertz CT molecular complexity index is 418. The van der Waals surface area contributed by atoms with Gasteiger partial charge in [-0.2, -0.15) is 0 Å². The Balaban J connectivity index is 3.04. The lowest BCUT2D eigenvalue weighted by Crippen LogP contribution is -2.14. The zero-order valence-electron chi connectivity index (χ0n) is 10.2. The predicted octanol–water partition coefficient (Wildman–Crippen LogP) is 1.78. The van der Waals surface area contributed by atoms with Crippen molar-refractivity contribution in [3.8, 4) is 5.75 Å². The van der Waals surface area contributed by atoms with Gasteiger partial charge in [-0.05, 0) is 44.3 Å². The van der Waals surface area contributed by atoms with Crippen molar-refractivity contribution in [1.29, 1.82) is 0 Å². The highest BCUT2D eigenvalue weighted by Crippen LogP contribution is 2.22. The summed E-state index contributed by atoms with van der Waals surface area (Å²) in [6, 6.07) is 5.70. The largest absolute Gasteiger partial charge is 0.496 e. The van der Waals surface area contributed by atoms with Gasteiger partial charge in [0.2, 0.25) is 0 Å². The highest BCUT2D eigenvalue weighted by atomic mass is 16.5. The van der Waals surface area contributed by atoms with Gasteiger partial charge in [0.15, 0.2) is 0 Å². The molecule has 1 aromatic rings. The zero-order valence-corrected chi connectivity index (χ0v) is 10.2. The summed E-state index contributed by atoms with van der Waals surface area (Å²) in [5.41, 5.74) is 2.59. The van der Waals surface area contributed by atoms with Crippen molar-refractivity contribution in [1.82, 2.24) is 4.90 Å². The molecule has 3 nitrogen and oxygen atoms in total. The summed E-state index contributed by atoms with van der Waals surface area (Å²) in [6.45, 7) is 2.55. The molecule has 0 aromatic heterocycles. The fourth-order valence-corrected chi connectivity index (χ4v) is 1.56. The SMILES string of the molecule is COc1ccc(C(=C=O)CN(C)C)cc1C. The third-order valence-electron chi connectivity index (χ3n) is 2.34. The summed E-state index contributed by atoms with van der Waals surface area (Å²) >= 11 is 0. The first-order chi connectivity index (χ1) is 7.58. The van der Waals surface area contributed by atoms with Gasteiger partial charge in [0, 0.05) is 6.54 Å². The van der Waals surface area contributed by atoms with Crippen LogP contribution in [0.4, 0.5) is 0 Å². The Morgan fingerprint density at radius 3 is 2.56 bits per heavy atom.